The SMILES string of the molecule is CC(C)(C)c1ccc(-c2cccc3c2C=C(C2CCCC2)[CH]3[Hf+2]2([CH]3C(C4CCCC4)=Cc4c(-c5ccc(C(C)(C)C)cc5)cccc43)[CH2][CH2]2)cc1.[Cl-].[Cl-]. The third-order valence-electron chi connectivity index (χ3n) is 13.9. The molecule has 2 saturated carbocycles. The quantitative estimate of drug-likeness (QED) is 0.170. The summed E-state index contributed by atoms with van der Waals surface area (Å²) >= 11 is -3.04. The van der Waals surface area contributed by atoms with Crippen LogP contribution in [0.25, 0.3) is 34.4 Å². The summed E-state index contributed by atoms with van der Waals surface area (Å²) in [7, 11) is 0. The Kier molecular flexibility index (Phi) is 10.8. The van der Waals surface area contributed by atoms with Crippen LogP contribution in [0.4, 0.5) is 0 Å². The topological polar surface area (TPSA) is 0 Å². The standard InChI is InChI=1S/2C24H27.C2H4.2ClH.Hf/c2*1-24(2,3)21-13-11-18(12-14-21)22-10-6-9-19-15-20(16-23(19)22)17-7-4-5-8-17;1-2;;;/h2*6,9-17H,4-5,7-8H2,1-3H3;1-2H2;2*1H;/q;;;;;+2/p-2. The van der Waals surface area contributed by atoms with E-state index in [9.17, 15) is 0 Å². The molecular weight excluding hydrogens is 850 g/mol. The van der Waals surface area contributed by atoms with E-state index in [1.807, 2.05) is 11.1 Å². The van der Waals surface area contributed by atoms with Crippen LogP contribution in [-0.2, 0) is 30.8 Å². The predicted octanol–water partition coefficient (Wildman–Crippen LogP) is 8.58. The number of rotatable bonds is 6. The molecule has 2 atom stereocenters. The Labute approximate surface area is 337 Å². The van der Waals surface area contributed by atoms with Gasteiger partial charge in [-0.1, -0.05) is 0 Å². The van der Waals surface area contributed by atoms with Gasteiger partial charge in [-0.2, -0.15) is 0 Å². The van der Waals surface area contributed by atoms with Crippen LogP contribution in [0.3, 0.4) is 0 Å². The third kappa shape index (κ3) is 6.86. The predicted molar refractivity (Wildman–Crippen MR) is 216 cm³/mol. The van der Waals surface area contributed by atoms with Crippen molar-refractivity contribution in [2.75, 3.05) is 0 Å². The molecule has 53 heavy (non-hydrogen) atoms. The Morgan fingerprint density at radius 2 is 0.830 bits per heavy atom. The van der Waals surface area contributed by atoms with E-state index >= 15 is 0 Å². The first-order chi connectivity index (χ1) is 24.5. The van der Waals surface area contributed by atoms with E-state index in [4.69, 9.17) is 0 Å². The van der Waals surface area contributed by atoms with Crippen molar-refractivity contribution >= 4 is 12.2 Å². The maximum absolute atomic E-state index is 3.04. The van der Waals surface area contributed by atoms with Crippen LogP contribution < -0.4 is 24.8 Å². The van der Waals surface area contributed by atoms with Gasteiger partial charge in [-0.25, -0.2) is 0 Å². The molecule has 1 aliphatic heterocycles. The molecule has 9 rings (SSSR count). The van der Waals surface area contributed by atoms with Crippen LogP contribution in [-0.4, -0.2) is 0 Å². The molecule has 0 bridgehead atoms. The maximum atomic E-state index is 2.78. The molecule has 2 unspecified atom stereocenters. The van der Waals surface area contributed by atoms with Crippen LogP contribution in [0.2, 0.25) is 8.35 Å². The largest absolute Gasteiger partial charge is 1.00 e. The molecule has 0 spiro atoms. The Bertz CT molecular complexity index is 1870. The fourth-order valence-electron chi connectivity index (χ4n) is 11.1. The van der Waals surface area contributed by atoms with Crippen molar-refractivity contribution in [3.63, 3.8) is 0 Å². The van der Waals surface area contributed by atoms with E-state index in [0.717, 1.165) is 19.2 Å². The molecule has 5 aliphatic rings. The van der Waals surface area contributed by atoms with Crippen LogP contribution in [0, 0.1) is 11.8 Å². The summed E-state index contributed by atoms with van der Waals surface area (Å²) in [6.07, 6.45) is 16.8. The molecule has 4 aromatic rings. The molecule has 1 heterocycles. The van der Waals surface area contributed by atoms with E-state index in [1.165, 1.54) is 84.7 Å². The normalized spacial score (nSPS) is 21.5. The molecular formula is C50H58Cl2Hf. The zero-order valence-electron chi connectivity index (χ0n) is 32.9. The Morgan fingerprint density at radius 1 is 0.472 bits per heavy atom. The molecule has 1 saturated heterocycles. The van der Waals surface area contributed by atoms with E-state index in [-0.39, 0.29) is 35.6 Å². The second-order valence-corrected chi connectivity index (χ2v) is 35.7. The summed E-state index contributed by atoms with van der Waals surface area (Å²) < 4.78 is 4.59. The van der Waals surface area contributed by atoms with Crippen LogP contribution in [0.15, 0.2) is 96.1 Å². The molecule has 4 aromatic carbocycles. The average molecular weight is 908 g/mol. The van der Waals surface area contributed by atoms with E-state index in [1.54, 1.807) is 30.6 Å². The number of hydrogen-bond acceptors (Lipinski definition) is 0. The second-order valence-electron chi connectivity index (χ2n) is 19.1. The summed E-state index contributed by atoms with van der Waals surface area (Å²) in [5.41, 5.74) is 19.3. The van der Waals surface area contributed by atoms with Crippen molar-refractivity contribution in [3.8, 4) is 22.3 Å². The van der Waals surface area contributed by atoms with E-state index in [2.05, 4.69) is 139 Å². The summed E-state index contributed by atoms with van der Waals surface area (Å²) in [6.45, 7) is 14.0. The van der Waals surface area contributed by atoms with Gasteiger partial charge in [-0.05, 0) is 0 Å². The number of halogens is 2. The molecule has 4 aliphatic carbocycles. The minimum absolute atomic E-state index is 0. The zero-order valence-corrected chi connectivity index (χ0v) is 38.0. The molecule has 276 valence electrons. The molecule has 0 N–H and O–H groups in total. The molecule has 0 amide bonds. The van der Waals surface area contributed by atoms with Gasteiger partial charge in [0.2, 0.25) is 0 Å². The fourth-order valence-corrected chi connectivity index (χ4v) is 39.2. The fraction of sp³-hybridized carbons (Fsp3) is 0.440. The van der Waals surface area contributed by atoms with Gasteiger partial charge in [0.05, 0.1) is 0 Å². The third-order valence-corrected chi connectivity index (χ3v) is 32.8. The average Bonchev–Trinajstić information content (AvgIpc) is 3.65. The zero-order chi connectivity index (χ0) is 35.1. The van der Waals surface area contributed by atoms with Gasteiger partial charge in [0.15, 0.2) is 0 Å². The van der Waals surface area contributed by atoms with Crippen molar-refractivity contribution in [3.05, 3.63) is 129 Å². The van der Waals surface area contributed by atoms with E-state index < -0.39 is 20.0 Å². The molecule has 3 heteroatoms. The van der Waals surface area contributed by atoms with Crippen molar-refractivity contribution in [1.82, 2.24) is 0 Å². The smallest absolute Gasteiger partial charge is 1.00 e. The molecule has 3 fully saturated rings. The first kappa shape index (κ1) is 39.1. The van der Waals surface area contributed by atoms with Gasteiger partial charge < -0.3 is 24.8 Å². The van der Waals surface area contributed by atoms with Crippen molar-refractivity contribution in [1.29, 1.82) is 0 Å². The van der Waals surface area contributed by atoms with Crippen LogP contribution in [0.5, 0.6) is 0 Å². The van der Waals surface area contributed by atoms with Crippen molar-refractivity contribution in [2.45, 2.75) is 119 Å². The summed E-state index contributed by atoms with van der Waals surface area (Å²) in [5, 5.41) is 0. The van der Waals surface area contributed by atoms with Crippen LogP contribution in [0.1, 0.15) is 134 Å². The molecule has 0 aromatic heterocycles. The van der Waals surface area contributed by atoms with Crippen molar-refractivity contribution in [2.24, 2.45) is 11.8 Å². The van der Waals surface area contributed by atoms with Gasteiger partial charge in [0.1, 0.15) is 0 Å². The minimum Gasteiger partial charge on any atom is -1.00 e. The number of allylic oxidation sites excluding steroid dienone is 2. The number of benzene rings is 4. The van der Waals surface area contributed by atoms with Gasteiger partial charge >= 0.3 is 315 Å². The monoisotopic (exact) mass is 908 g/mol. The van der Waals surface area contributed by atoms with Gasteiger partial charge in [-0.3, -0.25) is 0 Å². The first-order valence-corrected chi connectivity index (χ1v) is 29.7. The minimum atomic E-state index is -3.04. The summed E-state index contributed by atoms with van der Waals surface area (Å²) in [5.74, 6) is 1.56. The van der Waals surface area contributed by atoms with Gasteiger partial charge in [0.25, 0.3) is 0 Å². The maximum Gasteiger partial charge on any atom is -1.00 e. The first-order valence-electron chi connectivity index (χ1n) is 20.4. The van der Waals surface area contributed by atoms with Crippen molar-refractivity contribution < 1.29 is 44.8 Å². The molecule has 0 nitrogen and oxygen atoms in total. The summed E-state index contributed by atoms with van der Waals surface area (Å²) in [4.78, 5) is 0. The van der Waals surface area contributed by atoms with Crippen LogP contribution >= 0.6 is 0 Å². The second kappa shape index (κ2) is 14.7. The summed E-state index contributed by atoms with van der Waals surface area (Å²) in [6, 6.07) is 34.1. The van der Waals surface area contributed by atoms with E-state index in [0.29, 0.717) is 0 Å². The number of hydrogen-bond donors (Lipinski definition) is 0. The Hall–Kier alpha value is -2.19. The Morgan fingerprint density at radius 3 is 1.15 bits per heavy atom. The van der Waals surface area contributed by atoms with Gasteiger partial charge in [0, 0.05) is 0 Å². The number of fused-ring (bicyclic) bond motifs is 2. The van der Waals surface area contributed by atoms with Gasteiger partial charge in [-0.15, -0.1) is 0 Å². The Balaban J connectivity index is 0.00000218. The molecule has 0 radical (unpaired) electrons.